The fourth-order valence-corrected chi connectivity index (χ4v) is 1.40. The van der Waals surface area contributed by atoms with Crippen molar-refractivity contribution >= 4 is 23.9 Å². The number of aromatic nitrogens is 1. The first-order valence-electron chi connectivity index (χ1n) is 5.82. The zero-order valence-electron chi connectivity index (χ0n) is 11.1. The van der Waals surface area contributed by atoms with Crippen LogP contribution in [0.4, 0.5) is 0 Å². The Morgan fingerprint density at radius 2 is 2.05 bits per heavy atom. The maximum Gasteiger partial charge on any atom is 0.328 e. The molecule has 0 radical (unpaired) electrons. The van der Waals surface area contributed by atoms with Crippen molar-refractivity contribution in [2.24, 2.45) is 0 Å². The molecule has 20 heavy (non-hydrogen) atoms. The van der Waals surface area contributed by atoms with Gasteiger partial charge in [0.1, 0.15) is 6.04 Å². The molecule has 1 atom stereocenters. The standard InChI is InChI=1S/C13H15N3O4/c1-8(12(19)14-2)16-13(20)10-5-9(6-15-7-10)3-4-11(17)18/h3-8H,1-2H3,(H,14,19)(H,16,20)(H,17,18). The normalized spacial score (nSPS) is 11.9. The summed E-state index contributed by atoms with van der Waals surface area (Å²) < 4.78 is 0. The van der Waals surface area contributed by atoms with Crippen molar-refractivity contribution < 1.29 is 19.5 Å². The highest BCUT2D eigenvalue weighted by Crippen LogP contribution is 2.05. The summed E-state index contributed by atoms with van der Waals surface area (Å²) in [7, 11) is 1.48. The second-order valence-electron chi connectivity index (χ2n) is 3.99. The third-order valence-electron chi connectivity index (χ3n) is 2.43. The third-order valence-corrected chi connectivity index (χ3v) is 2.43. The molecule has 0 saturated carbocycles. The van der Waals surface area contributed by atoms with Crippen LogP contribution in [0.25, 0.3) is 6.08 Å². The Morgan fingerprint density at radius 3 is 2.65 bits per heavy atom. The minimum Gasteiger partial charge on any atom is -0.478 e. The van der Waals surface area contributed by atoms with E-state index < -0.39 is 17.9 Å². The van der Waals surface area contributed by atoms with Crippen LogP contribution in [0.3, 0.4) is 0 Å². The van der Waals surface area contributed by atoms with Gasteiger partial charge in [-0.25, -0.2) is 4.79 Å². The molecule has 1 heterocycles. The van der Waals surface area contributed by atoms with Gasteiger partial charge in [-0.2, -0.15) is 0 Å². The van der Waals surface area contributed by atoms with E-state index >= 15 is 0 Å². The van der Waals surface area contributed by atoms with Gasteiger partial charge in [-0.15, -0.1) is 0 Å². The first-order valence-corrected chi connectivity index (χ1v) is 5.82. The number of carbonyl (C=O) groups is 3. The number of rotatable bonds is 5. The lowest BCUT2D eigenvalue weighted by Crippen LogP contribution is -2.43. The van der Waals surface area contributed by atoms with Crippen molar-refractivity contribution in [1.29, 1.82) is 0 Å². The highest BCUT2D eigenvalue weighted by Gasteiger charge is 2.15. The Kier molecular flexibility index (Phi) is 5.40. The molecule has 0 saturated heterocycles. The van der Waals surface area contributed by atoms with Crippen LogP contribution in [0.1, 0.15) is 22.8 Å². The van der Waals surface area contributed by atoms with E-state index in [0.29, 0.717) is 5.56 Å². The lowest BCUT2D eigenvalue weighted by molar-refractivity contribution is -0.131. The fraction of sp³-hybridized carbons (Fsp3) is 0.231. The van der Waals surface area contributed by atoms with E-state index in [1.54, 1.807) is 6.92 Å². The number of carboxylic acids is 1. The Morgan fingerprint density at radius 1 is 1.35 bits per heavy atom. The summed E-state index contributed by atoms with van der Waals surface area (Å²) in [6.45, 7) is 1.55. The molecule has 1 rings (SSSR count). The van der Waals surface area contributed by atoms with Gasteiger partial charge in [-0.1, -0.05) is 0 Å². The number of pyridine rings is 1. The molecule has 2 amide bonds. The summed E-state index contributed by atoms with van der Waals surface area (Å²) in [5.41, 5.74) is 0.723. The second kappa shape index (κ2) is 7.03. The van der Waals surface area contributed by atoms with Crippen LogP contribution in [-0.4, -0.2) is 41.0 Å². The van der Waals surface area contributed by atoms with E-state index in [0.717, 1.165) is 6.08 Å². The zero-order valence-corrected chi connectivity index (χ0v) is 11.1. The summed E-state index contributed by atoms with van der Waals surface area (Å²) >= 11 is 0. The molecule has 0 aliphatic carbocycles. The van der Waals surface area contributed by atoms with E-state index in [2.05, 4.69) is 15.6 Å². The van der Waals surface area contributed by atoms with Crippen LogP contribution in [-0.2, 0) is 9.59 Å². The largest absolute Gasteiger partial charge is 0.478 e. The van der Waals surface area contributed by atoms with Gasteiger partial charge in [0.15, 0.2) is 0 Å². The molecule has 1 aromatic rings. The zero-order chi connectivity index (χ0) is 15.1. The van der Waals surface area contributed by atoms with Crippen molar-refractivity contribution in [2.45, 2.75) is 13.0 Å². The lowest BCUT2D eigenvalue weighted by Gasteiger charge is -2.12. The quantitative estimate of drug-likeness (QED) is 0.659. The number of hydrogen-bond acceptors (Lipinski definition) is 4. The van der Waals surface area contributed by atoms with Crippen molar-refractivity contribution in [1.82, 2.24) is 15.6 Å². The molecule has 1 aromatic heterocycles. The first kappa shape index (κ1) is 15.4. The number of carboxylic acid groups (broad SMARTS) is 1. The molecule has 7 nitrogen and oxygen atoms in total. The minimum atomic E-state index is -1.09. The van der Waals surface area contributed by atoms with Crippen LogP contribution in [0.2, 0.25) is 0 Å². The molecule has 1 unspecified atom stereocenters. The monoisotopic (exact) mass is 277 g/mol. The van der Waals surface area contributed by atoms with Gasteiger partial charge >= 0.3 is 5.97 Å². The van der Waals surface area contributed by atoms with Gasteiger partial charge in [-0.3, -0.25) is 14.6 Å². The number of nitrogens with zero attached hydrogens (tertiary/aromatic N) is 1. The SMILES string of the molecule is CNC(=O)C(C)NC(=O)c1cncc(C=CC(=O)O)c1. The van der Waals surface area contributed by atoms with Gasteiger partial charge in [0.2, 0.25) is 5.91 Å². The molecule has 3 N–H and O–H groups in total. The van der Waals surface area contributed by atoms with Crippen LogP contribution in [0.15, 0.2) is 24.5 Å². The molecule has 0 fully saturated rings. The Bertz CT molecular complexity index is 554. The molecular formula is C13H15N3O4. The highest BCUT2D eigenvalue weighted by atomic mass is 16.4. The van der Waals surface area contributed by atoms with Gasteiger partial charge in [-0.05, 0) is 24.6 Å². The van der Waals surface area contributed by atoms with Gasteiger partial charge in [0.05, 0.1) is 5.56 Å². The van der Waals surface area contributed by atoms with E-state index in [-0.39, 0.29) is 11.5 Å². The van der Waals surface area contributed by atoms with Gasteiger partial charge < -0.3 is 15.7 Å². The summed E-state index contributed by atoms with van der Waals surface area (Å²) in [6, 6.07) is 0.809. The van der Waals surface area contributed by atoms with Gasteiger partial charge in [0, 0.05) is 25.5 Å². The number of carbonyl (C=O) groups excluding carboxylic acids is 2. The van der Waals surface area contributed by atoms with Crippen LogP contribution in [0.5, 0.6) is 0 Å². The van der Waals surface area contributed by atoms with E-state index in [1.807, 2.05) is 0 Å². The van der Waals surface area contributed by atoms with Crippen LogP contribution < -0.4 is 10.6 Å². The average molecular weight is 277 g/mol. The van der Waals surface area contributed by atoms with E-state index in [1.165, 1.54) is 31.6 Å². The van der Waals surface area contributed by atoms with Crippen molar-refractivity contribution in [3.63, 3.8) is 0 Å². The highest BCUT2D eigenvalue weighted by molar-refractivity contribution is 5.97. The molecule has 0 aromatic carbocycles. The fourth-order valence-electron chi connectivity index (χ4n) is 1.40. The molecule has 0 spiro atoms. The number of aliphatic carboxylic acids is 1. The maximum atomic E-state index is 11.9. The predicted molar refractivity (Wildman–Crippen MR) is 71.9 cm³/mol. The number of amides is 2. The smallest absolute Gasteiger partial charge is 0.328 e. The van der Waals surface area contributed by atoms with Crippen molar-refractivity contribution in [3.05, 3.63) is 35.7 Å². The third kappa shape index (κ3) is 4.52. The Balaban J connectivity index is 2.81. The van der Waals surface area contributed by atoms with Crippen LogP contribution in [0, 0.1) is 0 Å². The molecule has 0 aliphatic rings. The molecular weight excluding hydrogens is 262 g/mol. The molecule has 7 heteroatoms. The predicted octanol–water partition coefficient (Wildman–Crippen LogP) is 0.0437. The molecule has 0 bridgehead atoms. The summed E-state index contributed by atoms with van der Waals surface area (Å²) in [5.74, 6) is -1.86. The van der Waals surface area contributed by atoms with Gasteiger partial charge in [0.25, 0.3) is 5.91 Å². The Labute approximate surface area is 115 Å². The maximum absolute atomic E-state index is 11.9. The topological polar surface area (TPSA) is 108 Å². The number of likely N-dealkylation sites (N-methyl/N-ethyl adjacent to an activating group) is 1. The van der Waals surface area contributed by atoms with Crippen molar-refractivity contribution in [3.8, 4) is 0 Å². The lowest BCUT2D eigenvalue weighted by atomic mass is 10.1. The summed E-state index contributed by atoms with van der Waals surface area (Å²) in [6.07, 6.45) is 5.04. The second-order valence-corrected chi connectivity index (χ2v) is 3.99. The number of nitrogens with one attached hydrogen (secondary N) is 2. The first-order chi connectivity index (χ1) is 9.43. The molecule has 0 aliphatic heterocycles. The van der Waals surface area contributed by atoms with E-state index in [4.69, 9.17) is 5.11 Å². The summed E-state index contributed by atoms with van der Waals surface area (Å²) in [5, 5.41) is 13.5. The van der Waals surface area contributed by atoms with Crippen LogP contribution >= 0.6 is 0 Å². The minimum absolute atomic E-state index is 0.244. The van der Waals surface area contributed by atoms with E-state index in [9.17, 15) is 14.4 Å². The Hall–Kier alpha value is -2.70. The van der Waals surface area contributed by atoms with Crippen molar-refractivity contribution in [2.75, 3.05) is 7.05 Å². The molecule has 106 valence electrons. The number of hydrogen-bond donors (Lipinski definition) is 3. The average Bonchev–Trinajstić information content (AvgIpc) is 2.44. The summed E-state index contributed by atoms with van der Waals surface area (Å²) in [4.78, 5) is 37.5.